The molecule has 0 aromatic rings. The third kappa shape index (κ3) is 11.5. The molecule has 0 radical (unpaired) electrons. The van der Waals surface area contributed by atoms with Gasteiger partial charge in [-0.2, -0.15) is 0 Å². The van der Waals surface area contributed by atoms with Gasteiger partial charge in [0, 0.05) is 81.2 Å². The molecule has 0 aromatic heterocycles. The van der Waals surface area contributed by atoms with Crippen molar-refractivity contribution in [2.24, 2.45) is 11.8 Å². The van der Waals surface area contributed by atoms with Gasteiger partial charge in [-0.3, -0.25) is 9.80 Å². The van der Waals surface area contributed by atoms with Crippen molar-refractivity contribution in [3.63, 3.8) is 0 Å². The van der Waals surface area contributed by atoms with Crippen molar-refractivity contribution in [3.8, 4) is 0 Å². The van der Waals surface area contributed by atoms with Crippen LogP contribution in [0.2, 0.25) is 0 Å². The third-order valence-electron chi connectivity index (χ3n) is 13.8. The van der Waals surface area contributed by atoms with Gasteiger partial charge >= 0.3 is 0 Å². The van der Waals surface area contributed by atoms with E-state index in [2.05, 4.69) is 59.9 Å². The van der Waals surface area contributed by atoms with Gasteiger partial charge in [-0.1, -0.05) is 44.3 Å². The molecule has 0 aromatic carbocycles. The molecule has 7 aliphatic rings. The van der Waals surface area contributed by atoms with Crippen molar-refractivity contribution < 1.29 is 0 Å². The summed E-state index contributed by atoms with van der Waals surface area (Å²) >= 11 is 0. The molecule has 5 saturated heterocycles. The summed E-state index contributed by atoms with van der Waals surface area (Å²) in [6.07, 6.45) is 33.2. The highest BCUT2D eigenvalue weighted by atomic mass is 15.2. The van der Waals surface area contributed by atoms with E-state index in [9.17, 15) is 0 Å². The number of piperidine rings is 5. The average Bonchev–Trinajstić information content (AvgIpc) is 3.17. The Morgan fingerprint density at radius 3 is 1.46 bits per heavy atom. The molecular formula is C42H76N8. The molecule has 8 nitrogen and oxygen atoms in total. The lowest BCUT2D eigenvalue weighted by Crippen LogP contribution is -2.55. The van der Waals surface area contributed by atoms with E-state index in [1.54, 1.807) is 0 Å². The zero-order valence-electron chi connectivity index (χ0n) is 31.8. The van der Waals surface area contributed by atoms with E-state index in [4.69, 9.17) is 0 Å². The van der Waals surface area contributed by atoms with Gasteiger partial charge in [0.15, 0.2) is 0 Å². The van der Waals surface area contributed by atoms with Gasteiger partial charge in [0.2, 0.25) is 0 Å². The number of nitrogens with one attached hydrogen (secondary N) is 6. The summed E-state index contributed by atoms with van der Waals surface area (Å²) in [6.45, 7) is 12.0. The van der Waals surface area contributed by atoms with Crippen LogP contribution in [0.1, 0.15) is 122 Å². The molecule has 0 spiro atoms. The standard InChI is InChI=1S/C42H76N8/c1-5-23-43-35(11-1)27-49(28-36-12-2-6-24-44-36)31-39-15-9-17-41(47-39)33-19-21-34(22-20-33)42-18-10-16-40(48-42)32-50(29-37-13-3-7-25-45-37)30-38-14-4-8-26-46-38/h9,15,17,33-40,42-48H,1-8,10-14,16,18-32H2. The Labute approximate surface area is 306 Å². The molecule has 50 heavy (non-hydrogen) atoms. The smallest absolute Gasteiger partial charge is 0.0571 e. The van der Waals surface area contributed by atoms with Crippen LogP contribution in [0.3, 0.4) is 0 Å². The van der Waals surface area contributed by atoms with Crippen LogP contribution in [-0.4, -0.2) is 118 Å². The van der Waals surface area contributed by atoms with Gasteiger partial charge in [-0.15, -0.1) is 0 Å². The summed E-state index contributed by atoms with van der Waals surface area (Å²) in [6, 6.07) is 4.48. The third-order valence-corrected chi connectivity index (χ3v) is 13.8. The van der Waals surface area contributed by atoms with Gasteiger partial charge < -0.3 is 31.9 Å². The fourth-order valence-corrected chi connectivity index (χ4v) is 11.0. The first-order valence-electron chi connectivity index (χ1n) is 22.0. The van der Waals surface area contributed by atoms with E-state index >= 15 is 0 Å². The first-order chi connectivity index (χ1) is 24.7. The summed E-state index contributed by atoms with van der Waals surface area (Å²) in [5, 5.41) is 23.7. The minimum absolute atomic E-state index is 0.427. The highest BCUT2D eigenvalue weighted by Crippen LogP contribution is 2.37. The van der Waals surface area contributed by atoms with Gasteiger partial charge in [-0.25, -0.2) is 0 Å². The number of rotatable bonds is 14. The highest BCUT2D eigenvalue weighted by Gasteiger charge is 2.34. The quantitative estimate of drug-likeness (QED) is 0.154. The van der Waals surface area contributed by atoms with Crippen LogP contribution in [-0.2, 0) is 0 Å². The fourth-order valence-electron chi connectivity index (χ4n) is 11.0. The van der Waals surface area contributed by atoms with E-state index in [-0.39, 0.29) is 0 Å². The van der Waals surface area contributed by atoms with Gasteiger partial charge in [0.05, 0.1) is 6.04 Å². The lowest BCUT2D eigenvalue weighted by atomic mass is 9.74. The van der Waals surface area contributed by atoms with E-state index < -0.39 is 0 Å². The summed E-state index contributed by atoms with van der Waals surface area (Å²) in [4.78, 5) is 5.64. The summed E-state index contributed by atoms with van der Waals surface area (Å²) < 4.78 is 0. The summed E-state index contributed by atoms with van der Waals surface area (Å²) in [5.74, 6) is 1.55. The van der Waals surface area contributed by atoms with Gasteiger partial charge in [0.1, 0.15) is 0 Å². The monoisotopic (exact) mass is 693 g/mol. The minimum Gasteiger partial charge on any atom is -0.381 e. The Morgan fingerprint density at radius 2 is 0.960 bits per heavy atom. The highest BCUT2D eigenvalue weighted by molar-refractivity contribution is 5.23. The maximum absolute atomic E-state index is 4.28. The van der Waals surface area contributed by atoms with Crippen molar-refractivity contribution in [2.75, 3.05) is 65.4 Å². The molecule has 0 bridgehead atoms. The predicted octanol–water partition coefficient (Wildman–Crippen LogP) is 4.89. The average molecular weight is 693 g/mol. The zero-order valence-corrected chi connectivity index (χ0v) is 31.8. The molecule has 6 fully saturated rings. The molecule has 1 aliphatic carbocycles. The lowest BCUT2D eigenvalue weighted by molar-refractivity contribution is 0.136. The molecule has 8 heteroatoms. The Bertz CT molecular complexity index is 977. The normalized spacial score (nSPS) is 37.4. The Hall–Kier alpha value is -1.00. The van der Waals surface area contributed by atoms with E-state index in [1.807, 2.05) is 0 Å². The maximum atomic E-state index is 4.28. The van der Waals surface area contributed by atoms with Crippen LogP contribution < -0.4 is 31.9 Å². The first-order valence-corrected chi connectivity index (χ1v) is 22.0. The number of dihydropyridines is 1. The van der Waals surface area contributed by atoms with E-state index in [0.29, 0.717) is 48.2 Å². The topological polar surface area (TPSA) is 78.7 Å². The van der Waals surface area contributed by atoms with Crippen LogP contribution in [0.25, 0.3) is 0 Å². The van der Waals surface area contributed by atoms with Crippen molar-refractivity contribution in [2.45, 2.75) is 164 Å². The van der Waals surface area contributed by atoms with Crippen LogP contribution >= 0.6 is 0 Å². The Morgan fingerprint density at radius 1 is 0.480 bits per heavy atom. The molecule has 7 rings (SSSR count). The largest absolute Gasteiger partial charge is 0.381 e. The number of allylic oxidation sites excluding steroid dienone is 3. The van der Waals surface area contributed by atoms with Crippen molar-refractivity contribution in [3.05, 3.63) is 23.9 Å². The molecule has 284 valence electrons. The molecule has 6 aliphatic heterocycles. The number of hydrogen-bond donors (Lipinski definition) is 6. The SMILES string of the molecule is C1=CC(CN(CC2CCCCN2)CC2CCCCN2)NC(C2CCC(C3CCCC(CN(CC4CCCCN4)CC4CCCCN4)N3)CC2)=C1. The zero-order chi connectivity index (χ0) is 33.8. The lowest BCUT2D eigenvalue weighted by Gasteiger charge is -2.42. The maximum Gasteiger partial charge on any atom is 0.0571 e. The van der Waals surface area contributed by atoms with Gasteiger partial charge in [-0.05, 0) is 134 Å². The molecule has 7 atom stereocenters. The molecule has 6 N–H and O–H groups in total. The van der Waals surface area contributed by atoms with Crippen LogP contribution in [0.15, 0.2) is 23.9 Å². The van der Waals surface area contributed by atoms with Crippen molar-refractivity contribution in [1.29, 1.82) is 0 Å². The first kappa shape index (κ1) is 37.3. The Balaban J connectivity index is 0.877. The minimum atomic E-state index is 0.427. The van der Waals surface area contributed by atoms with Crippen LogP contribution in [0, 0.1) is 11.8 Å². The summed E-state index contributed by atoms with van der Waals surface area (Å²) in [7, 11) is 0. The summed E-state index contributed by atoms with van der Waals surface area (Å²) in [5.41, 5.74) is 1.53. The number of hydrogen-bond acceptors (Lipinski definition) is 8. The second kappa shape index (κ2) is 19.9. The van der Waals surface area contributed by atoms with Crippen LogP contribution in [0.4, 0.5) is 0 Å². The van der Waals surface area contributed by atoms with Gasteiger partial charge in [0.25, 0.3) is 0 Å². The van der Waals surface area contributed by atoms with Crippen molar-refractivity contribution in [1.82, 2.24) is 41.7 Å². The predicted molar refractivity (Wildman–Crippen MR) is 210 cm³/mol. The second-order valence-corrected chi connectivity index (χ2v) is 17.8. The van der Waals surface area contributed by atoms with E-state index in [1.165, 1.54) is 187 Å². The number of nitrogens with zero attached hydrogens (tertiary/aromatic N) is 2. The molecule has 0 amide bonds. The molecule has 6 heterocycles. The molecular weight excluding hydrogens is 617 g/mol. The molecule has 7 unspecified atom stereocenters. The van der Waals surface area contributed by atoms with E-state index in [0.717, 1.165) is 12.5 Å². The fraction of sp³-hybridized carbons (Fsp3) is 0.905. The molecule has 1 saturated carbocycles. The Kier molecular flexibility index (Phi) is 14.9. The van der Waals surface area contributed by atoms with Crippen molar-refractivity contribution >= 4 is 0 Å². The van der Waals surface area contributed by atoms with Crippen LogP contribution in [0.5, 0.6) is 0 Å². The second-order valence-electron chi connectivity index (χ2n) is 17.8.